The number of sulfonamides is 1. The molecule has 3 aromatic carbocycles. The molecule has 0 saturated carbocycles. The van der Waals surface area contributed by atoms with Crippen molar-refractivity contribution in [1.82, 2.24) is 10.2 Å². The number of nitrogens with one attached hydrogen (secondary N) is 1. The number of aryl methyl sites for hydroxylation is 2. The summed E-state index contributed by atoms with van der Waals surface area (Å²) < 4.78 is 28.7. The second-order valence-corrected chi connectivity index (χ2v) is 10.8. The normalized spacial score (nSPS) is 12.0. The monoisotopic (exact) mass is 527 g/mol. The summed E-state index contributed by atoms with van der Waals surface area (Å²) in [5, 5.41) is 3.01. The lowest BCUT2D eigenvalue weighted by Crippen LogP contribution is -2.50. The Kier molecular flexibility index (Phi) is 8.76. The van der Waals surface area contributed by atoms with Crippen molar-refractivity contribution in [3.05, 3.63) is 94.5 Å². The number of likely N-dealkylation sites (N-methyl/N-ethyl adjacent to an activating group) is 1. The Labute approximate surface area is 217 Å². The van der Waals surface area contributed by atoms with Crippen LogP contribution in [-0.4, -0.2) is 44.8 Å². The summed E-state index contributed by atoms with van der Waals surface area (Å²) >= 11 is 6.34. The molecule has 190 valence electrons. The van der Waals surface area contributed by atoms with E-state index in [4.69, 9.17) is 11.6 Å². The molecule has 0 bridgehead atoms. The van der Waals surface area contributed by atoms with Crippen LogP contribution in [0.3, 0.4) is 0 Å². The average Bonchev–Trinajstić information content (AvgIpc) is 2.87. The summed E-state index contributed by atoms with van der Waals surface area (Å²) in [6.45, 7) is 4.80. The van der Waals surface area contributed by atoms with Crippen molar-refractivity contribution < 1.29 is 18.0 Å². The average molecular weight is 528 g/mol. The SMILES string of the molecule is CNC(=O)C(C)N(Cc1ccccc1Cl)C(=O)CN(c1cc(C)ccc1C)S(=O)(=O)c1ccccc1. The van der Waals surface area contributed by atoms with Crippen molar-refractivity contribution in [2.45, 2.75) is 38.3 Å². The number of carbonyl (C=O) groups excluding carboxylic acids is 2. The van der Waals surface area contributed by atoms with E-state index < -0.39 is 28.5 Å². The molecule has 0 saturated heterocycles. The summed E-state index contributed by atoms with van der Waals surface area (Å²) in [5.41, 5.74) is 2.60. The van der Waals surface area contributed by atoms with Gasteiger partial charge in [0.05, 0.1) is 10.6 Å². The predicted molar refractivity (Wildman–Crippen MR) is 142 cm³/mol. The number of nitrogens with zero attached hydrogens (tertiary/aromatic N) is 2. The van der Waals surface area contributed by atoms with Gasteiger partial charge in [-0.25, -0.2) is 8.42 Å². The predicted octanol–water partition coefficient (Wildman–Crippen LogP) is 4.32. The first-order valence-corrected chi connectivity index (χ1v) is 13.3. The van der Waals surface area contributed by atoms with Gasteiger partial charge in [-0.1, -0.05) is 60.1 Å². The molecule has 2 amide bonds. The maximum atomic E-state index is 13.8. The van der Waals surface area contributed by atoms with E-state index in [-0.39, 0.29) is 17.3 Å². The first-order valence-electron chi connectivity index (χ1n) is 11.5. The molecule has 1 atom stereocenters. The van der Waals surface area contributed by atoms with E-state index in [0.717, 1.165) is 9.87 Å². The number of rotatable bonds is 9. The molecule has 9 heteroatoms. The van der Waals surface area contributed by atoms with Crippen LogP contribution in [0.4, 0.5) is 5.69 Å². The van der Waals surface area contributed by atoms with Gasteiger partial charge in [-0.05, 0) is 61.7 Å². The van der Waals surface area contributed by atoms with E-state index in [9.17, 15) is 18.0 Å². The number of hydrogen-bond donors (Lipinski definition) is 1. The molecule has 0 fully saturated rings. The first-order chi connectivity index (χ1) is 17.1. The smallest absolute Gasteiger partial charge is 0.264 e. The maximum Gasteiger partial charge on any atom is 0.264 e. The number of carbonyl (C=O) groups is 2. The second kappa shape index (κ2) is 11.6. The highest BCUT2D eigenvalue weighted by Crippen LogP contribution is 2.28. The lowest BCUT2D eigenvalue weighted by atomic mass is 10.1. The van der Waals surface area contributed by atoms with Crippen molar-refractivity contribution in [3.8, 4) is 0 Å². The summed E-state index contributed by atoms with van der Waals surface area (Å²) in [4.78, 5) is 27.7. The minimum Gasteiger partial charge on any atom is -0.357 e. The zero-order valence-corrected chi connectivity index (χ0v) is 22.3. The van der Waals surface area contributed by atoms with Gasteiger partial charge in [-0.15, -0.1) is 0 Å². The fourth-order valence-electron chi connectivity index (χ4n) is 3.82. The molecule has 0 aliphatic carbocycles. The van der Waals surface area contributed by atoms with Crippen molar-refractivity contribution in [3.63, 3.8) is 0 Å². The molecule has 7 nitrogen and oxygen atoms in total. The molecule has 36 heavy (non-hydrogen) atoms. The Hall–Kier alpha value is -3.36. The number of halogens is 1. The topological polar surface area (TPSA) is 86.8 Å². The molecule has 1 N–H and O–H groups in total. The van der Waals surface area contributed by atoms with Gasteiger partial charge in [-0.3, -0.25) is 13.9 Å². The van der Waals surface area contributed by atoms with Crippen LogP contribution in [0.2, 0.25) is 5.02 Å². The second-order valence-electron chi connectivity index (χ2n) is 8.52. The number of anilines is 1. The summed E-state index contributed by atoms with van der Waals surface area (Å²) in [6.07, 6.45) is 0. The van der Waals surface area contributed by atoms with Crippen LogP contribution < -0.4 is 9.62 Å². The Morgan fingerprint density at radius 1 is 0.972 bits per heavy atom. The first kappa shape index (κ1) is 27.2. The summed E-state index contributed by atoms with van der Waals surface area (Å²) in [5.74, 6) is -0.911. The van der Waals surface area contributed by atoms with Gasteiger partial charge in [0.1, 0.15) is 12.6 Å². The third-order valence-electron chi connectivity index (χ3n) is 5.96. The zero-order valence-electron chi connectivity index (χ0n) is 20.7. The van der Waals surface area contributed by atoms with E-state index in [0.29, 0.717) is 21.8 Å². The molecule has 3 rings (SSSR count). The van der Waals surface area contributed by atoms with Crippen molar-refractivity contribution in [2.75, 3.05) is 17.9 Å². The summed E-state index contributed by atoms with van der Waals surface area (Å²) in [6, 6.07) is 19.6. The zero-order chi connectivity index (χ0) is 26.5. The molecular formula is C27H30ClN3O4S. The van der Waals surface area contributed by atoms with Gasteiger partial charge < -0.3 is 10.2 Å². The van der Waals surface area contributed by atoms with Gasteiger partial charge in [0.2, 0.25) is 11.8 Å². The molecule has 0 aliphatic rings. The fraction of sp³-hybridized carbons (Fsp3) is 0.259. The Morgan fingerprint density at radius 2 is 1.61 bits per heavy atom. The van der Waals surface area contributed by atoms with Crippen molar-refractivity contribution in [1.29, 1.82) is 0 Å². The quantitative estimate of drug-likeness (QED) is 0.449. The van der Waals surface area contributed by atoms with Crippen LogP contribution in [0, 0.1) is 13.8 Å². The molecule has 0 spiro atoms. The van der Waals surface area contributed by atoms with Crippen LogP contribution >= 0.6 is 11.6 Å². The molecular weight excluding hydrogens is 498 g/mol. The van der Waals surface area contributed by atoms with Gasteiger partial charge in [-0.2, -0.15) is 0 Å². The molecule has 0 aliphatic heterocycles. The van der Waals surface area contributed by atoms with Crippen LogP contribution in [-0.2, 0) is 26.2 Å². The van der Waals surface area contributed by atoms with E-state index in [1.54, 1.807) is 62.4 Å². The van der Waals surface area contributed by atoms with Gasteiger partial charge in [0, 0.05) is 18.6 Å². The Morgan fingerprint density at radius 3 is 2.25 bits per heavy atom. The van der Waals surface area contributed by atoms with E-state index in [1.165, 1.54) is 24.1 Å². The Balaban J connectivity index is 2.08. The van der Waals surface area contributed by atoms with Crippen molar-refractivity contribution >= 4 is 39.1 Å². The van der Waals surface area contributed by atoms with Crippen LogP contribution in [0.15, 0.2) is 77.7 Å². The number of benzene rings is 3. The minimum absolute atomic E-state index is 0.0408. The molecule has 1 unspecified atom stereocenters. The molecule has 0 radical (unpaired) electrons. The van der Waals surface area contributed by atoms with Crippen molar-refractivity contribution in [2.24, 2.45) is 0 Å². The van der Waals surface area contributed by atoms with Gasteiger partial charge >= 0.3 is 0 Å². The van der Waals surface area contributed by atoms with Crippen LogP contribution in [0.5, 0.6) is 0 Å². The highest BCUT2D eigenvalue weighted by atomic mass is 35.5. The summed E-state index contributed by atoms with van der Waals surface area (Å²) in [7, 11) is -2.61. The van der Waals surface area contributed by atoms with Gasteiger partial charge in [0.25, 0.3) is 10.0 Å². The third-order valence-corrected chi connectivity index (χ3v) is 8.10. The molecule has 0 aromatic heterocycles. The number of amides is 2. The minimum atomic E-state index is -4.10. The standard InChI is InChI=1S/C27H30ClN3O4S/c1-19-14-15-20(2)25(16-19)31(36(34,35)23-11-6-5-7-12-23)18-26(32)30(21(3)27(33)29-4)17-22-10-8-9-13-24(22)28/h5-16,21H,17-18H2,1-4H3,(H,29,33). The van der Waals surface area contributed by atoms with Gasteiger partial charge in [0.15, 0.2) is 0 Å². The van der Waals surface area contributed by atoms with Crippen LogP contribution in [0.1, 0.15) is 23.6 Å². The van der Waals surface area contributed by atoms with Crippen LogP contribution in [0.25, 0.3) is 0 Å². The maximum absolute atomic E-state index is 13.8. The van der Waals surface area contributed by atoms with E-state index in [2.05, 4.69) is 5.32 Å². The lowest BCUT2D eigenvalue weighted by molar-refractivity contribution is -0.139. The largest absolute Gasteiger partial charge is 0.357 e. The lowest BCUT2D eigenvalue weighted by Gasteiger charge is -2.32. The fourth-order valence-corrected chi connectivity index (χ4v) is 5.51. The molecule has 3 aromatic rings. The molecule has 0 heterocycles. The van der Waals surface area contributed by atoms with E-state index >= 15 is 0 Å². The third kappa shape index (κ3) is 6.06. The Bertz CT molecular complexity index is 1350. The number of hydrogen-bond acceptors (Lipinski definition) is 4. The van der Waals surface area contributed by atoms with E-state index in [1.807, 2.05) is 19.1 Å². The highest BCUT2D eigenvalue weighted by molar-refractivity contribution is 7.92. The highest BCUT2D eigenvalue weighted by Gasteiger charge is 2.33.